The number of hydrogen-bond donors (Lipinski definition) is 1. The van der Waals surface area contributed by atoms with Crippen molar-refractivity contribution in [1.29, 1.82) is 0 Å². The first-order valence-corrected chi connectivity index (χ1v) is 7.12. The average Bonchev–Trinajstić information content (AvgIpc) is 3.04. The second-order valence-electron chi connectivity index (χ2n) is 5.36. The molecule has 1 N–H and O–H groups in total. The molecule has 0 saturated heterocycles. The highest BCUT2D eigenvalue weighted by Crippen LogP contribution is 2.01. The largest absolute Gasteiger partial charge is 0.383 e. The zero-order valence-corrected chi connectivity index (χ0v) is 14.4. The summed E-state index contributed by atoms with van der Waals surface area (Å²) in [6, 6.07) is 0. The van der Waals surface area contributed by atoms with Gasteiger partial charge in [-0.2, -0.15) is 0 Å². The van der Waals surface area contributed by atoms with Crippen LogP contribution in [-0.4, -0.2) is 50.1 Å². The summed E-state index contributed by atoms with van der Waals surface area (Å²) in [6.45, 7) is 5.18. The molecular weight excluding hydrogens is 294 g/mol. The predicted molar refractivity (Wildman–Crippen MR) is 88.4 cm³/mol. The second-order valence-corrected chi connectivity index (χ2v) is 5.36. The van der Waals surface area contributed by atoms with Crippen LogP contribution < -0.4 is 0 Å². The first kappa shape index (κ1) is 18.3. The summed E-state index contributed by atoms with van der Waals surface area (Å²) in [5, 5.41) is 0. The van der Waals surface area contributed by atoms with Gasteiger partial charge in [0.2, 0.25) is 5.78 Å². The van der Waals surface area contributed by atoms with Crippen molar-refractivity contribution >= 4 is 11.6 Å². The van der Waals surface area contributed by atoms with Crippen LogP contribution in [-0.2, 0) is 7.05 Å². The van der Waals surface area contributed by atoms with E-state index in [1.807, 2.05) is 44.5 Å². The molecule has 0 radical (unpaired) electrons. The maximum Gasteiger partial charge on any atom is 0.207 e. The fraction of sp³-hybridized carbons (Fsp3) is 0.375. The summed E-state index contributed by atoms with van der Waals surface area (Å²) < 4.78 is 1.83. The SMILES string of the molecule is CC(=O)c1c[nH]c(C)n1.Cc1nc(C(=O)C=CN(C)C)cn1C. The standard InChI is InChI=1S/C10H15N3O.C6H8N2O/c1-8-11-9(7-13(8)4)10(14)5-6-12(2)3;1-4(9)6-3-7-5(2)8-6/h5-7H,1-4H3;3H,1-2H3,(H,7,8). The molecule has 0 aliphatic carbocycles. The van der Waals surface area contributed by atoms with Crippen LogP contribution in [0, 0.1) is 13.8 Å². The number of aromatic nitrogens is 4. The molecule has 2 aromatic rings. The van der Waals surface area contributed by atoms with Crippen molar-refractivity contribution < 1.29 is 9.59 Å². The summed E-state index contributed by atoms with van der Waals surface area (Å²) in [6.07, 6.45) is 6.57. The van der Waals surface area contributed by atoms with Gasteiger partial charge in [-0.25, -0.2) is 9.97 Å². The molecule has 23 heavy (non-hydrogen) atoms. The molecule has 7 heteroatoms. The van der Waals surface area contributed by atoms with E-state index >= 15 is 0 Å². The second kappa shape index (κ2) is 8.07. The molecule has 0 amide bonds. The number of allylic oxidation sites excluding steroid dienone is 1. The van der Waals surface area contributed by atoms with E-state index in [0.717, 1.165) is 11.6 Å². The maximum atomic E-state index is 11.5. The minimum Gasteiger partial charge on any atom is -0.383 e. The van der Waals surface area contributed by atoms with Crippen LogP contribution in [0.2, 0.25) is 0 Å². The van der Waals surface area contributed by atoms with Gasteiger partial charge in [-0.15, -0.1) is 0 Å². The summed E-state index contributed by atoms with van der Waals surface area (Å²) in [5.41, 5.74) is 0.996. The Balaban J connectivity index is 0.000000253. The Morgan fingerprint density at radius 3 is 2.22 bits per heavy atom. The van der Waals surface area contributed by atoms with E-state index < -0.39 is 0 Å². The zero-order chi connectivity index (χ0) is 17.6. The van der Waals surface area contributed by atoms with Crippen molar-refractivity contribution in [3.8, 4) is 0 Å². The molecule has 0 atom stereocenters. The number of nitrogens with one attached hydrogen (secondary N) is 1. The zero-order valence-electron chi connectivity index (χ0n) is 14.4. The molecule has 124 valence electrons. The van der Waals surface area contributed by atoms with E-state index in [0.29, 0.717) is 11.4 Å². The van der Waals surface area contributed by atoms with Gasteiger partial charge in [0.1, 0.15) is 23.0 Å². The van der Waals surface area contributed by atoms with Gasteiger partial charge in [-0.05, 0) is 13.8 Å². The summed E-state index contributed by atoms with van der Waals surface area (Å²) in [4.78, 5) is 34.8. The van der Waals surface area contributed by atoms with Crippen LogP contribution >= 0.6 is 0 Å². The molecule has 0 spiro atoms. The van der Waals surface area contributed by atoms with Gasteiger partial charge in [0.15, 0.2) is 5.78 Å². The molecule has 0 unspecified atom stereocenters. The molecule has 7 nitrogen and oxygen atoms in total. The summed E-state index contributed by atoms with van der Waals surface area (Å²) >= 11 is 0. The Morgan fingerprint density at radius 1 is 1.22 bits per heavy atom. The molecule has 2 aromatic heterocycles. The Hall–Kier alpha value is -2.70. The molecular formula is C16H23N5O2. The number of Topliss-reactive ketones (excluding diaryl/α,β-unsaturated/α-hetero) is 1. The Bertz CT molecular complexity index is 690. The lowest BCUT2D eigenvalue weighted by molar-refractivity contribution is 0.101. The monoisotopic (exact) mass is 317 g/mol. The number of aromatic amines is 1. The third-order valence-corrected chi connectivity index (χ3v) is 2.95. The smallest absolute Gasteiger partial charge is 0.207 e. The van der Waals surface area contributed by atoms with Gasteiger partial charge >= 0.3 is 0 Å². The highest BCUT2D eigenvalue weighted by atomic mass is 16.1. The molecule has 0 fully saturated rings. The lowest BCUT2D eigenvalue weighted by Crippen LogP contribution is -2.03. The predicted octanol–water partition coefficient (Wildman–Crippen LogP) is 1.91. The molecule has 0 aliphatic rings. The quantitative estimate of drug-likeness (QED) is 0.688. The van der Waals surface area contributed by atoms with E-state index in [9.17, 15) is 9.59 Å². The van der Waals surface area contributed by atoms with Crippen molar-refractivity contribution in [1.82, 2.24) is 24.4 Å². The van der Waals surface area contributed by atoms with Gasteiger partial charge in [0, 0.05) is 52.7 Å². The van der Waals surface area contributed by atoms with Crippen LogP contribution in [0.5, 0.6) is 0 Å². The molecule has 0 aliphatic heterocycles. The fourth-order valence-corrected chi connectivity index (χ4v) is 1.58. The third-order valence-electron chi connectivity index (χ3n) is 2.95. The van der Waals surface area contributed by atoms with Crippen molar-refractivity contribution in [2.75, 3.05) is 14.1 Å². The van der Waals surface area contributed by atoms with Gasteiger partial charge in [-0.3, -0.25) is 9.59 Å². The van der Waals surface area contributed by atoms with Gasteiger partial charge < -0.3 is 14.5 Å². The number of aryl methyl sites for hydroxylation is 3. The number of nitrogens with zero attached hydrogens (tertiary/aromatic N) is 4. The number of hydrogen-bond acceptors (Lipinski definition) is 5. The van der Waals surface area contributed by atoms with Crippen molar-refractivity contribution in [3.05, 3.63) is 47.7 Å². The van der Waals surface area contributed by atoms with E-state index in [1.165, 1.54) is 13.0 Å². The molecule has 2 heterocycles. The van der Waals surface area contributed by atoms with Crippen molar-refractivity contribution in [2.24, 2.45) is 7.05 Å². The lowest BCUT2D eigenvalue weighted by atomic mass is 10.3. The van der Waals surface area contributed by atoms with E-state index in [2.05, 4.69) is 15.0 Å². The van der Waals surface area contributed by atoms with Crippen LogP contribution in [0.25, 0.3) is 0 Å². The molecule has 0 saturated carbocycles. The Kier molecular flexibility index (Phi) is 6.44. The third kappa shape index (κ3) is 5.90. The van der Waals surface area contributed by atoms with Crippen LogP contribution in [0.4, 0.5) is 0 Å². The van der Waals surface area contributed by atoms with Crippen molar-refractivity contribution in [3.63, 3.8) is 0 Å². The van der Waals surface area contributed by atoms with Crippen LogP contribution in [0.15, 0.2) is 24.7 Å². The van der Waals surface area contributed by atoms with Gasteiger partial charge in [0.05, 0.1) is 0 Å². The Labute approximate surface area is 136 Å². The van der Waals surface area contributed by atoms with Crippen LogP contribution in [0.1, 0.15) is 39.5 Å². The number of rotatable bonds is 4. The van der Waals surface area contributed by atoms with Crippen molar-refractivity contribution in [2.45, 2.75) is 20.8 Å². The summed E-state index contributed by atoms with van der Waals surface area (Å²) in [5.74, 6) is 1.55. The van der Waals surface area contributed by atoms with Gasteiger partial charge in [-0.1, -0.05) is 0 Å². The minimum absolute atomic E-state index is 0.000602. The maximum absolute atomic E-state index is 11.5. The highest BCUT2D eigenvalue weighted by molar-refractivity contribution is 6.02. The van der Waals surface area contributed by atoms with E-state index in [4.69, 9.17) is 0 Å². The molecule has 2 rings (SSSR count). The number of carbonyl (C=O) groups excluding carboxylic acids is 2. The molecule has 0 bridgehead atoms. The van der Waals surface area contributed by atoms with Gasteiger partial charge in [0.25, 0.3) is 0 Å². The number of imidazole rings is 2. The first-order chi connectivity index (χ1) is 10.7. The highest BCUT2D eigenvalue weighted by Gasteiger charge is 2.07. The first-order valence-electron chi connectivity index (χ1n) is 7.12. The van der Waals surface area contributed by atoms with E-state index in [-0.39, 0.29) is 11.6 Å². The number of carbonyl (C=O) groups is 2. The normalized spacial score (nSPS) is 10.3. The molecule has 0 aromatic carbocycles. The fourth-order valence-electron chi connectivity index (χ4n) is 1.58. The summed E-state index contributed by atoms with van der Waals surface area (Å²) in [7, 11) is 5.61. The Morgan fingerprint density at radius 2 is 1.87 bits per heavy atom. The van der Waals surface area contributed by atoms with E-state index in [1.54, 1.807) is 18.6 Å². The number of H-pyrrole nitrogens is 1. The average molecular weight is 317 g/mol. The minimum atomic E-state index is -0.0672. The van der Waals surface area contributed by atoms with Crippen LogP contribution in [0.3, 0.4) is 0 Å². The topological polar surface area (TPSA) is 83.9 Å². The lowest BCUT2D eigenvalue weighted by Gasteiger charge is -2.01. The number of ketones is 2.